The fourth-order valence-electron chi connectivity index (χ4n) is 4.18. The van der Waals surface area contributed by atoms with Gasteiger partial charge < -0.3 is 4.90 Å². The number of carbonyl (C=O) groups excluding carboxylic acids is 1. The second kappa shape index (κ2) is 9.60. The average Bonchev–Trinajstić information content (AvgIpc) is 3.41. The van der Waals surface area contributed by atoms with Crippen LogP contribution in [0.25, 0.3) is 11.5 Å². The number of nitrogens with zero attached hydrogens (tertiary/aromatic N) is 6. The molecule has 0 bridgehead atoms. The van der Waals surface area contributed by atoms with E-state index in [0.717, 1.165) is 34.9 Å². The van der Waals surface area contributed by atoms with Crippen molar-refractivity contribution in [2.75, 3.05) is 7.05 Å². The molecule has 0 saturated heterocycles. The number of hydrogen-bond donors (Lipinski definition) is 0. The molecule has 0 spiro atoms. The van der Waals surface area contributed by atoms with E-state index in [1.165, 1.54) is 16.9 Å². The average molecular weight is 497 g/mol. The lowest BCUT2D eigenvalue weighted by atomic mass is 10.0. The van der Waals surface area contributed by atoms with Crippen molar-refractivity contribution in [1.82, 2.24) is 29.4 Å². The SMILES string of the molecule is Cc1nn(-c2ccccc2)c(C)c1CN(C)C(=O)c1cnn(-c2ccc(C(F)(F)F)cn2)c1C(C)C. The standard InChI is InChI=1S/C26H27F3N6O/c1-16(2)24-21(14-31-35(24)23-12-11-19(13-30-23)26(27,28)29)25(36)33(5)15-22-17(3)32-34(18(22)4)20-9-7-6-8-10-20/h6-14,16H,15H2,1-5H3. The Morgan fingerprint density at radius 2 is 1.72 bits per heavy atom. The first-order valence-corrected chi connectivity index (χ1v) is 11.5. The first kappa shape index (κ1) is 25.2. The number of pyridine rings is 1. The summed E-state index contributed by atoms with van der Waals surface area (Å²) >= 11 is 0. The maximum atomic E-state index is 13.5. The topological polar surface area (TPSA) is 68.8 Å². The zero-order chi connectivity index (χ0) is 26.2. The number of aromatic nitrogens is 5. The van der Waals surface area contributed by atoms with Gasteiger partial charge in [0.15, 0.2) is 5.82 Å². The molecular weight excluding hydrogens is 469 g/mol. The van der Waals surface area contributed by atoms with Gasteiger partial charge in [-0.3, -0.25) is 4.79 Å². The molecule has 0 N–H and O–H groups in total. The Hall–Kier alpha value is -3.95. The summed E-state index contributed by atoms with van der Waals surface area (Å²) in [6, 6.07) is 12.0. The van der Waals surface area contributed by atoms with Gasteiger partial charge >= 0.3 is 6.18 Å². The maximum absolute atomic E-state index is 13.5. The molecule has 0 aliphatic carbocycles. The fraction of sp³-hybridized carbons (Fsp3) is 0.308. The minimum absolute atomic E-state index is 0.131. The van der Waals surface area contributed by atoms with Crippen molar-refractivity contribution in [3.05, 3.63) is 88.6 Å². The van der Waals surface area contributed by atoms with Crippen molar-refractivity contribution in [2.24, 2.45) is 0 Å². The highest BCUT2D eigenvalue weighted by molar-refractivity contribution is 5.95. The summed E-state index contributed by atoms with van der Waals surface area (Å²) in [4.78, 5) is 19.0. The van der Waals surface area contributed by atoms with Crippen LogP contribution in [0.15, 0.2) is 54.9 Å². The molecule has 188 valence electrons. The van der Waals surface area contributed by atoms with Crippen LogP contribution >= 0.6 is 0 Å². The molecule has 0 unspecified atom stereocenters. The Bertz CT molecular complexity index is 1370. The Morgan fingerprint density at radius 1 is 1.03 bits per heavy atom. The van der Waals surface area contributed by atoms with Gasteiger partial charge in [0.25, 0.3) is 5.91 Å². The van der Waals surface area contributed by atoms with Gasteiger partial charge in [-0.2, -0.15) is 23.4 Å². The van der Waals surface area contributed by atoms with Crippen LogP contribution in [-0.2, 0) is 12.7 Å². The van der Waals surface area contributed by atoms with Crippen LogP contribution in [0.1, 0.15) is 58.3 Å². The van der Waals surface area contributed by atoms with Gasteiger partial charge in [0, 0.05) is 31.0 Å². The smallest absolute Gasteiger partial charge is 0.337 e. The number of rotatable bonds is 6. The molecule has 1 aromatic carbocycles. The van der Waals surface area contributed by atoms with Crippen LogP contribution in [0.5, 0.6) is 0 Å². The molecule has 0 radical (unpaired) electrons. The molecule has 10 heteroatoms. The van der Waals surface area contributed by atoms with Crippen molar-refractivity contribution >= 4 is 5.91 Å². The van der Waals surface area contributed by atoms with Crippen LogP contribution in [0.2, 0.25) is 0 Å². The van der Waals surface area contributed by atoms with Gasteiger partial charge in [0.05, 0.1) is 34.4 Å². The maximum Gasteiger partial charge on any atom is 0.417 e. The lowest BCUT2D eigenvalue weighted by molar-refractivity contribution is -0.137. The quantitative estimate of drug-likeness (QED) is 0.354. The highest BCUT2D eigenvalue weighted by Gasteiger charge is 2.31. The summed E-state index contributed by atoms with van der Waals surface area (Å²) in [5.74, 6) is -0.166. The van der Waals surface area contributed by atoms with E-state index >= 15 is 0 Å². The molecule has 3 heterocycles. The number of amides is 1. The van der Waals surface area contributed by atoms with Gasteiger partial charge in [-0.15, -0.1) is 0 Å². The normalized spacial score (nSPS) is 11.8. The van der Waals surface area contributed by atoms with Crippen LogP contribution in [-0.4, -0.2) is 42.4 Å². The minimum Gasteiger partial charge on any atom is -0.337 e. The summed E-state index contributed by atoms with van der Waals surface area (Å²) in [6.45, 7) is 8.01. The Morgan fingerprint density at radius 3 is 2.31 bits per heavy atom. The summed E-state index contributed by atoms with van der Waals surface area (Å²) in [6.07, 6.45) is -2.27. The second-order valence-electron chi connectivity index (χ2n) is 8.97. The lowest BCUT2D eigenvalue weighted by Gasteiger charge is -2.19. The van der Waals surface area contributed by atoms with E-state index < -0.39 is 11.7 Å². The summed E-state index contributed by atoms with van der Waals surface area (Å²) in [5.41, 5.74) is 3.75. The summed E-state index contributed by atoms with van der Waals surface area (Å²) < 4.78 is 42.1. The number of para-hydroxylation sites is 1. The van der Waals surface area contributed by atoms with E-state index in [0.29, 0.717) is 17.8 Å². The van der Waals surface area contributed by atoms with E-state index in [2.05, 4.69) is 15.2 Å². The number of aryl methyl sites for hydroxylation is 1. The molecule has 0 atom stereocenters. The molecule has 7 nitrogen and oxygen atoms in total. The molecule has 1 amide bonds. The molecule has 36 heavy (non-hydrogen) atoms. The number of carbonyl (C=O) groups is 1. The number of hydrogen-bond acceptors (Lipinski definition) is 4. The van der Waals surface area contributed by atoms with Crippen molar-refractivity contribution in [2.45, 2.75) is 46.3 Å². The van der Waals surface area contributed by atoms with Crippen molar-refractivity contribution in [3.63, 3.8) is 0 Å². The van der Waals surface area contributed by atoms with Crippen LogP contribution in [0, 0.1) is 13.8 Å². The number of halogens is 3. The van der Waals surface area contributed by atoms with Gasteiger partial charge in [-0.25, -0.2) is 14.3 Å². The Balaban J connectivity index is 1.62. The molecule has 0 aliphatic heterocycles. The third kappa shape index (κ3) is 4.75. The van der Waals surface area contributed by atoms with Gasteiger partial charge in [-0.1, -0.05) is 32.0 Å². The van der Waals surface area contributed by atoms with Gasteiger partial charge in [0.1, 0.15) is 0 Å². The van der Waals surface area contributed by atoms with E-state index in [4.69, 9.17) is 0 Å². The fourth-order valence-corrected chi connectivity index (χ4v) is 4.18. The molecule has 4 rings (SSSR count). The summed E-state index contributed by atoms with van der Waals surface area (Å²) in [7, 11) is 1.71. The first-order valence-electron chi connectivity index (χ1n) is 11.5. The zero-order valence-corrected chi connectivity index (χ0v) is 20.7. The highest BCUT2D eigenvalue weighted by atomic mass is 19.4. The molecule has 0 fully saturated rings. The largest absolute Gasteiger partial charge is 0.417 e. The van der Waals surface area contributed by atoms with E-state index in [-0.39, 0.29) is 17.6 Å². The number of benzene rings is 1. The molecule has 3 aromatic heterocycles. The van der Waals surface area contributed by atoms with Gasteiger partial charge in [-0.05, 0) is 44.0 Å². The number of alkyl halides is 3. The van der Waals surface area contributed by atoms with Crippen molar-refractivity contribution < 1.29 is 18.0 Å². The van der Waals surface area contributed by atoms with E-state index in [9.17, 15) is 18.0 Å². The molecule has 0 saturated carbocycles. The van der Waals surface area contributed by atoms with E-state index in [1.54, 1.807) is 11.9 Å². The van der Waals surface area contributed by atoms with Crippen LogP contribution < -0.4 is 0 Å². The van der Waals surface area contributed by atoms with Crippen LogP contribution in [0.4, 0.5) is 13.2 Å². The highest BCUT2D eigenvalue weighted by Crippen LogP contribution is 2.30. The molecular formula is C26H27F3N6O. The van der Waals surface area contributed by atoms with Crippen LogP contribution in [0.3, 0.4) is 0 Å². The van der Waals surface area contributed by atoms with Crippen molar-refractivity contribution in [1.29, 1.82) is 0 Å². The Labute approximate surface area is 207 Å². The summed E-state index contributed by atoms with van der Waals surface area (Å²) in [5, 5.41) is 8.95. The van der Waals surface area contributed by atoms with Crippen molar-refractivity contribution in [3.8, 4) is 11.5 Å². The third-order valence-electron chi connectivity index (χ3n) is 6.06. The Kier molecular flexibility index (Phi) is 6.71. The first-order chi connectivity index (χ1) is 17.0. The second-order valence-corrected chi connectivity index (χ2v) is 8.97. The minimum atomic E-state index is -4.48. The molecule has 4 aromatic rings. The monoisotopic (exact) mass is 496 g/mol. The third-order valence-corrected chi connectivity index (χ3v) is 6.06. The van der Waals surface area contributed by atoms with E-state index in [1.807, 2.05) is 62.7 Å². The molecule has 0 aliphatic rings. The predicted octanol–water partition coefficient (Wildman–Crippen LogP) is 5.48. The van der Waals surface area contributed by atoms with Gasteiger partial charge in [0.2, 0.25) is 0 Å². The zero-order valence-electron chi connectivity index (χ0n) is 20.7. The predicted molar refractivity (Wildman–Crippen MR) is 129 cm³/mol. The lowest BCUT2D eigenvalue weighted by Crippen LogP contribution is -2.27.